The average molecular weight is 826 g/mol. The van der Waals surface area contributed by atoms with Gasteiger partial charge in [-0.15, -0.1) is 0 Å². The van der Waals surface area contributed by atoms with Gasteiger partial charge in [0.15, 0.2) is 11.6 Å². The topological polar surface area (TPSA) is 63.6 Å². The van der Waals surface area contributed by atoms with Gasteiger partial charge < -0.3 is 5.32 Å². The van der Waals surface area contributed by atoms with Crippen LogP contribution in [0.3, 0.4) is 0 Å². The Labute approximate surface area is 371 Å². The third-order valence-corrected chi connectivity index (χ3v) is 12.6. The smallest absolute Gasteiger partial charge is 0.161 e. The van der Waals surface area contributed by atoms with Crippen LogP contribution in [0.15, 0.2) is 229 Å². The van der Waals surface area contributed by atoms with E-state index in [0.717, 1.165) is 84.1 Å². The van der Waals surface area contributed by atoms with Crippen LogP contribution in [-0.4, -0.2) is 19.9 Å². The molecule has 1 N–H and O–H groups in total. The van der Waals surface area contributed by atoms with Gasteiger partial charge in [0.1, 0.15) is 5.37 Å². The lowest BCUT2D eigenvalue weighted by molar-refractivity contribution is 1.13. The van der Waals surface area contributed by atoms with Crippen molar-refractivity contribution in [1.29, 1.82) is 0 Å². The van der Waals surface area contributed by atoms with E-state index in [1.807, 2.05) is 36.0 Å². The van der Waals surface area contributed by atoms with Gasteiger partial charge in [0, 0.05) is 44.0 Å². The molecule has 3 heterocycles. The first-order chi connectivity index (χ1) is 31.2. The molecule has 298 valence electrons. The number of fused-ring (bicyclic) bond motifs is 1. The predicted octanol–water partition coefficient (Wildman–Crippen LogP) is 14.8. The molecule has 0 saturated carbocycles. The summed E-state index contributed by atoms with van der Waals surface area (Å²) >= 11 is 1.84. The SMILES string of the molecule is c1ccc(-c2cc(-c3ccccc3)nc(-c3ccc(-c4ccccc4-c4nc(-c5ccccc5)cc(-c5ccccc5)n4)c(-c4cccc(C5Nc6ccccc6S5)c4)c3)n2)cc1. The number of nitrogens with one attached hydrogen (secondary N) is 1. The van der Waals surface area contributed by atoms with Crippen LogP contribution >= 0.6 is 11.8 Å². The highest BCUT2D eigenvalue weighted by atomic mass is 32.2. The summed E-state index contributed by atoms with van der Waals surface area (Å²) in [5.74, 6) is 1.31. The standard InChI is InChI=1S/C57H39N5S/c1-5-18-38(19-6-1)50-36-51(39-20-7-2-8-21-39)59-55(58-50)43-32-33-46(48(35-43)42-26-17-27-44(34-42)57-62-49-30-15-16-31-54(49)63-57)45-28-13-14-29-47(45)56-60-52(40-22-9-3-10-23-40)37-53(61-56)41-24-11-4-12-25-41/h1-37,57,62H. The highest BCUT2D eigenvalue weighted by Crippen LogP contribution is 2.48. The molecule has 11 rings (SSSR count). The van der Waals surface area contributed by atoms with Crippen molar-refractivity contribution < 1.29 is 0 Å². The van der Waals surface area contributed by atoms with Crippen molar-refractivity contribution in [2.75, 3.05) is 5.32 Å². The minimum Gasteiger partial charge on any atom is -0.368 e. The van der Waals surface area contributed by atoms with E-state index in [1.54, 1.807) is 0 Å². The molecule has 63 heavy (non-hydrogen) atoms. The molecule has 1 atom stereocenters. The van der Waals surface area contributed by atoms with Crippen molar-refractivity contribution in [2.24, 2.45) is 0 Å². The van der Waals surface area contributed by atoms with Crippen molar-refractivity contribution in [3.05, 3.63) is 230 Å². The molecule has 5 nitrogen and oxygen atoms in total. The summed E-state index contributed by atoms with van der Waals surface area (Å²) in [6, 6.07) is 78.0. The van der Waals surface area contributed by atoms with Gasteiger partial charge in [-0.25, -0.2) is 19.9 Å². The molecular formula is C57H39N5S. The van der Waals surface area contributed by atoms with E-state index in [2.05, 4.69) is 206 Å². The number of anilines is 1. The van der Waals surface area contributed by atoms with Crippen molar-refractivity contribution in [3.8, 4) is 90.1 Å². The van der Waals surface area contributed by atoms with Gasteiger partial charge in [-0.05, 0) is 64.2 Å². The van der Waals surface area contributed by atoms with Gasteiger partial charge in [0.2, 0.25) is 0 Å². The second kappa shape index (κ2) is 16.8. The van der Waals surface area contributed by atoms with E-state index < -0.39 is 0 Å². The lowest BCUT2D eigenvalue weighted by Crippen LogP contribution is -2.01. The fraction of sp³-hybridized carbons (Fsp3) is 0.0175. The number of aromatic nitrogens is 4. The Morgan fingerprint density at radius 3 is 1.33 bits per heavy atom. The number of hydrogen-bond acceptors (Lipinski definition) is 6. The molecule has 1 aliphatic rings. The van der Waals surface area contributed by atoms with Gasteiger partial charge in [0.05, 0.1) is 22.8 Å². The summed E-state index contributed by atoms with van der Waals surface area (Å²) in [6.07, 6.45) is 0. The predicted molar refractivity (Wildman–Crippen MR) is 260 cm³/mol. The summed E-state index contributed by atoms with van der Waals surface area (Å²) < 4.78 is 0. The molecule has 0 fully saturated rings. The minimum atomic E-state index is 0.0751. The highest BCUT2D eigenvalue weighted by molar-refractivity contribution is 8.00. The first kappa shape index (κ1) is 38.0. The Morgan fingerprint density at radius 1 is 0.317 bits per heavy atom. The van der Waals surface area contributed by atoms with Crippen LogP contribution < -0.4 is 5.32 Å². The first-order valence-corrected chi connectivity index (χ1v) is 21.9. The van der Waals surface area contributed by atoms with E-state index in [4.69, 9.17) is 19.9 Å². The lowest BCUT2D eigenvalue weighted by atomic mass is 9.89. The van der Waals surface area contributed by atoms with Crippen molar-refractivity contribution in [1.82, 2.24) is 19.9 Å². The molecule has 0 aliphatic carbocycles. The Hall–Kier alpha value is -7.93. The Balaban J connectivity index is 1.10. The Bertz CT molecular complexity index is 3090. The third-order valence-electron chi connectivity index (χ3n) is 11.4. The fourth-order valence-corrected chi connectivity index (χ4v) is 9.38. The second-order valence-electron chi connectivity index (χ2n) is 15.5. The molecule has 0 saturated heterocycles. The van der Waals surface area contributed by atoms with E-state index in [9.17, 15) is 0 Å². The monoisotopic (exact) mass is 825 g/mol. The molecule has 0 bridgehead atoms. The maximum absolute atomic E-state index is 5.27. The van der Waals surface area contributed by atoms with Crippen LogP contribution in [0.1, 0.15) is 10.9 Å². The second-order valence-corrected chi connectivity index (χ2v) is 16.6. The van der Waals surface area contributed by atoms with Crippen LogP contribution in [0.5, 0.6) is 0 Å². The van der Waals surface area contributed by atoms with Gasteiger partial charge in [-0.2, -0.15) is 0 Å². The Kier molecular flexibility index (Phi) is 10.2. The van der Waals surface area contributed by atoms with Gasteiger partial charge in [-0.1, -0.05) is 200 Å². The average Bonchev–Trinajstić information content (AvgIpc) is 3.82. The number of hydrogen-bond donors (Lipinski definition) is 1. The van der Waals surface area contributed by atoms with Crippen LogP contribution in [0, 0.1) is 0 Å². The van der Waals surface area contributed by atoms with Crippen LogP contribution in [0.4, 0.5) is 5.69 Å². The molecule has 10 aromatic rings. The largest absolute Gasteiger partial charge is 0.368 e. The van der Waals surface area contributed by atoms with Gasteiger partial charge in [0.25, 0.3) is 0 Å². The molecule has 0 spiro atoms. The van der Waals surface area contributed by atoms with Crippen LogP contribution in [0.2, 0.25) is 0 Å². The summed E-state index contributed by atoms with van der Waals surface area (Å²) in [5, 5.41) is 3.83. The number of nitrogens with zero attached hydrogens (tertiary/aromatic N) is 4. The van der Waals surface area contributed by atoms with E-state index in [0.29, 0.717) is 11.6 Å². The van der Waals surface area contributed by atoms with Gasteiger partial charge >= 0.3 is 0 Å². The van der Waals surface area contributed by atoms with Crippen molar-refractivity contribution in [2.45, 2.75) is 10.3 Å². The molecule has 0 amide bonds. The maximum atomic E-state index is 5.27. The normalized spacial score (nSPS) is 13.0. The number of thioether (sulfide) groups is 1. The summed E-state index contributed by atoms with van der Waals surface area (Å²) in [5.41, 5.74) is 16.0. The number of rotatable bonds is 9. The molecule has 6 heteroatoms. The highest BCUT2D eigenvalue weighted by Gasteiger charge is 2.24. The Morgan fingerprint density at radius 2 is 0.778 bits per heavy atom. The zero-order valence-electron chi connectivity index (χ0n) is 34.1. The zero-order chi connectivity index (χ0) is 42.0. The molecule has 1 unspecified atom stereocenters. The number of para-hydroxylation sites is 1. The fourth-order valence-electron chi connectivity index (χ4n) is 8.25. The first-order valence-electron chi connectivity index (χ1n) is 21.1. The van der Waals surface area contributed by atoms with Gasteiger partial charge in [-0.3, -0.25) is 0 Å². The molecular weight excluding hydrogens is 787 g/mol. The zero-order valence-corrected chi connectivity index (χ0v) is 35.0. The quantitative estimate of drug-likeness (QED) is 0.156. The van der Waals surface area contributed by atoms with E-state index >= 15 is 0 Å². The molecule has 8 aromatic carbocycles. The summed E-state index contributed by atoms with van der Waals surface area (Å²) in [7, 11) is 0. The maximum Gasteiger partial charge on any atom is 0.161 e. The lowest BCUT2D eigenvalue weighted by Gasteiger charge is -2.18. The molecule has 0 radical (unpaired) electrons. The van der Waals surface area contributed by atoms with E-state index in [1.165, 1.54) is 10.5 Å². The minimum absolute atomic E-state index is 0.0751. The summed E-state index contributed by atoms with van der Waals surface area (Å²) in [4.78, 5) is 22.3. The third kappa shape index (κ3) is 7.80. The molecule has 1 aliphatic heterocycles. The number of benzene rings is 8. The van der Waals surface area contributed by atoms with Crippen molar-refractivity contribution in [3.63, 3.8) is 0 Å². The summed E-state index contributed by atoms with van der Waals surface area (Å²) in [6.45, 7) is 0. The van der Waals surface area contributed by atoms with E-state index in [-0.39, 0.29) is 5.37 Å². The van der Waals surface area contributed by atoms with Crippen LogP contribution in [-0.2, 0) is 0 Å². The van der Waals surface area contributed by atoms with Crippen LogP contribution in [0.25, 0.3) is 90.1 Å². The van der Waals surface area contributed by atoms with Crippen molar-refractivity contribution >= 4 is 17.4 Å². The molecule has 2 aromatic heterocycles.